The number of sulfonamides is 1. The number of amides is 1. The summed E-state index contributed by atoms with van der Waals surface area (Å²) in [6.45, 7) is -0.539. The molecule has 116 valence electrons. The minimum atomic E-state index is -3.96. The van der Waals surface area contributed by atoms with Crippen molar-refractivity contribution in [3.8, 4) is 0 Å². The highest BCUT2D eigenvalue weighted by Gasteiger charge is 2.29. The molecule has 0 aliphatic heterocycles. The predicted octanol–water partition coefficient (Wildman–Crippen LogP) is 0.184. The summed E-state index contributed by atoms with van der Waals surface area (Å²) in [5.41, 5.74) is 5.34. The van der Waals surface area contributed by atoms with Crippen LogP contribution in [0, 0.1) is 5.82 Å². The standard InChI is InChI=1S/C13H18FN3O3S/c1-17(8-13(18)16-9-5-6-9)21(19,20)12-4-2-3-11(14)10(12)7-15/h2-4,9H,5-8,15H2,1H3,(H,16,18). The predicted molar refractivity (Wildman–Crippen MR) is 75.3 cm³/mol. The number of carbonyl (C=O) groups is 1. The minimum Gasteiger partial charge on any atom is -0.352 e. The van der Waals surface area contributed by atoms with Crippen LogP contribution < -0.4 is 11.1 Å². The van der Waals surface area contributed by atoms with Gasteiger partial charge in [-0.1, -0.05) is 6.07 Å². The highest BCUT2D eigenvalue weighted by atomic mass is 32.2. The molecule has 1 amide bonds. The molecule has 0 spiro atoms. The van der Waals surface area contributed by atoms with Gasteiger partial charge in [-0.25, -0.2) is 12.8 Å². The Morgan fingerprint density at radius 3 is 2.71 bits per heavy atom. The van der Waals surface area contributed by atoms with E-state index in [2.05, 4.69) is 5.32 Å². The minimum absolute atomic E-state index is 0.0769. The molecular formula is C13H18FN3O3S. The average Bonchev–Trinajstić information content (AvgIpc) is 3.21. The lowest BCUT2D eigenvalue weighted by Gasteiger charge is -2.18. The Morgan fingerprint density at radius 1 is 1.48 bits per heavy atom. The van der Waals surface area contributed by atoms with Gasteiger partial charge in [-0.3, -0.25) is 4.79 Å². The molecule has 21 heavy (non-hydrogen) atoms. The van der Waals surface area contributed by atoms with E-state index in [9.17, 15) is 17.6 Å². The maximum Gasteiger partial charge on any atom is 0.243 e. The second-order valence-electron chi connectivity index (χ2n) is 5.02. The van der Waals surface area contributed by atoms with Crippen LogP contribution in [-0.4, -0.2) is 38.3 Å². The zero-order chi connectivity index (χ0) is 15.6. The van der Waals surface area contributed by atoms with Crippen LogP contribution in [0.2, 0.25) is 0 Å². The van der Waals surface area contributed by atoms with Crippen molar-refractivity contribution < 1.29 is 17.6 Å². The summed E-state index contributed by atoms with van der Waals surface area (Å²) in [7, 11) is -2.68. The Morgan fingerprint density at radius 2 is 2.14 bits per heavy atom. The molecule has 0 atom stereocenters. The Bertz CT molecular complexity index is 644. The van der Waals surface area contributed by atoms with Gasteiger partial charge in [-0.2, -0.15) is 4.31 Å². The number of nitrogens with one attached hydrogen (secondary N) is 1. The normalized spacial score (nSPS) is 15.2. The highest BCUT2D eigenvalue weighted by molar-refractivity contribution is 7.89. The van der Waals surface area contributed by atoms with Gasteiger partial charge >= 0.3 is 0 Å². The first-order valence-electron chi connectivity index (χ1n) is 6.59. The van der Waals surface area contributed by atoms with Crippen molar-refractivity contribution in [3.63, 3.8) is 0 Å². The number of benzene rings is 1. The molecule has 1 saturated carbocycles. The van der Waals surface area contributed by atoms with Gasteiger partial charge in [0.1, 0.15) is 5.82 Å². The number of nitrogens with zero attached hydrogens (tertiary/aromatic N) is 1. The summed E-state index contributed by atoms with van der Waals surface area (Å²) in [6.07, 6.45) is 1.84. The number of rotatable bonds is 6. The van der Waals surface area contributed by atoms with Crippen LogP contribution in [0.1, 0.15) is 18.4 Å². The van der Waals surface area contributed by atoms with Crippen LogP contribution in [0.4, 0.5) is 4.39 Å². The van der Waals surface area contributed by atoms with E-state index >= 15 is 0 Å². The molecule has 1 fully saturated rings. The van der Waals surface area contributed by atoms with Gasteiger partial charge in [0.2, 0.25) is 15.9 Å². The van der Waals surface area contributed by atoms with E-state index in [1.54, 1.807) is 0 Å². The third kappa shape index (κ3) is 3.58. The van der Waals surface area contributed by atoms with E-state index in [-0.39, 0.29) is 35.5 Å². The van der Waals surface area contributed by atoms with E-state index in [4.69, 9.17) is 5.73 Å². The Kier molecular flexibility index (Phi) is 4.60. The fourth-order valence-electron chi connectivity index (χ4n) is 1.93. The molecule has 0 radical (unpaired) electrons. The monoisotopic (exact) mass is 315 g/mol. The third-order valence-electron chi connectivity index (χ3n) is 3.28. The number of hydrogen-bond donors (Lipinski definition) is 2. The summed E-state index contributed by atoms with van der Waals surface area (Å²) in [5, 5.41) is 2.70. The van der Waals surface area contributed by atoms with Crippen LogP contribution in [0.25, 0.3) is 0 Å². The molecule has 1 aromatic carbocycles. The molecule has 0 bridgehead atoms. The van der Waals surface area contributed by atoms with Crippen molar-refractivity contribution in [3.05, 3.63) is 29.6 Å². The molecule has 6 nitrogen and oxygen atoms in total. The Labute approximate surface area is 123 Å². The van der Waals surface area contributed by atoms with Crippen molar-refractivity contribution in [2.45, 2.75) is 30.3 Å². The van der Waals surface area contributed by atoms with Gasteiger partial charge in [0.15, 0.2) is 0 Å². The van der Waals surface area contributed by atoms with Crippen molar-refractivity contribution in [1.29, 1.82) is 0 Å². The summed E-state index contributed by atoms with van der Waals surface area (Å²) < 4.78 is 39.4. The Hall–Kier alpha value is -1.51. The van der Waals surface area contributed by atoms with Gasteiger partial charge < -0.3 is 11.1 Å². The lowest BCUT2D eigenvalue weighted by atomic mass is 10.2. The molecule has 0 aromatic heterocycles. The number of halogens is 1. The Balaban J connectivity index is 2.20. The van der Waals surface area contributed by atoms with Crippen LogP contribution in [0.5, 0.6) is 0 Å². The lowest BCUT2D eigenvalue weighted by Crippen LogP contribution is -2.39. The summed E-state index contributed by atoms with van der Waals surface area (Å²) in [5.74, 6) is -1.04. The van der Waals surface area contributed by atoms with Crippen molar-refractivity contribution in [1.82, 2.24) is 9.62 Å². The van der Waals surface area contributed by atoms with Crippen LogP contribution in [-0.2, 0) is 21.4 Å². The fourth-order valence-corrected chi connectivity index (χ4v) is 3.30. The summed E-state index contributed by atoms with van der Waals surface area (Å²) in [6, 6.07) is 3.90. The van der Waals surface area contributed by atoms with Crippen molar-refractivity contribution in [2.24, 2.45) is 5.73 Å². The van der Waals surface area contributed by atoms with Crippen molar-refractivity contribution >= 4 is 15.9 Å². The van der Waals surface area contributed by atoms with Gasteiger partial charge in [0.25, 0.3) is 0 Å². The lowest BCUT2D eigenvalue weighted by molar-refractivity contribution is -0.121. The quantitative estimate of drug-likeness (QED) is 0.783. The van der Waals surface area contributed by atoms with Crippen LogP contribution in [0.15, 0.2) is 23.1 Å². The average molecular weight is 315 g/mol. The topological polar surface area (TPSA) is 92.5 Å². The van der Waals surface area contributed by atoms with E-state index in [0.717, 1.165) is 23.2 Å². The number of likely N-dealkylation sites (N-methyl/N-ethyl adjacent to an activating group) is 1. The molecule has 1 aliphatic carbocycles. The molecule has 1 aromatic rings. The molecule has 3 N–H and O–H groups in total. The zero-order valence-corrected chi connectivity index (χ0v) is 12.5. The second-order valence-corrected chi connectivity index (χ2v) is 7.04. The first-order valence-corrected chi connectivity index (χ1v) is 8.03. The molecule has 1 aliphatic rings. The number of hydrogen-bond acceptors (Lipinski definition) is 4. The van der Waals surface area contributed by atoms with E-state index in [1.165, 1.54) is 19.2 Å². The van der Waals surface area contributed by atoms with E-state index in [0.29, 0.717) is 0 Å². The molecule has 0 unspecified atom stereocenters. The fraction of sp³-hybridized carbons (Fsp3) is 0.462. The van der Waals surface area contributed by atoms with Crippen molar-refractivity contribution in [2.75, 3.05) is 13.6 Å². The summed E-state index contributed by atoms with van der Waals surface area (Å²) in [4.78, 5) is 11.5. The molecule has 8 heteroatoms. The van der Waals surface area contributed by atoms with Crippen LogP contribution >= 0.6 is 0 Å². The van der Waals surface area contributed by atoms with Gasteiger partial charge in [0.05, 0.1) is 11.4 Å². The van der Waals surface area contributed by atoms with Gasteiger partial charge in [-0.15, -0.1) is 0 Å². The third-order valence-corrected chi connectivity index (χ3v) is 5.16. The van der Waals surface area contributed by atoms with Gasteiger partial charge in [-0.05, 0) is 25.0 Å². The first kappa shape index (κ1) is 15.9. The largest absolute Gasteiger partial charge is 0.352 e. The van der Waals surface area contributed by atoms with E-state index in [1.807, 2.05) is 0 Å². The second kappa shape index (κ2) is 6.08. The molecular weight excluding hydrogens is 297 g/mol. The zero-order valence-electron chi connectivity index (χ0n) is 11.7. The smallest absolute Gasteiger partial charge is 0.243 e. The molecule has 0 saturated heterocycles. The van der Waals surface area contributed by atoms with Gasteiger partial charge in [0, 0.05) is 25.2 Å². The highest BCUT2D eigenvalue weighted by Crippen LogP contribution is 2.22. The number of carbonyl (C=O) groups excluding carboxylic acids is 1. The SMILES string of the molecule is CN(CC(=O)NC1CC1)S(=O)(=O)c1cccc(F)c1CN. The van der Waals surface area contributed by atoms with Crippen LogP contribution in [0.3, 0.4) is 0 Å². The molecule has 2 rings (SSSR count). The maximum absolute atomic E-state index is 13.6. The first-order chi connectivity index (χ1) is 9.86. The number of nitrogens with two attached hydrogens (primary N) is 1. The summed E-state index contributed by atoms with van der Waals surface area (Å²) >= 11 is 0. The van der Waals surface area contributed by atoms with E-state index < -0.39 is 15.8 Å². The molecule has 0 heterocycles. The maximum atomic E-state index is 13.6.